The average Bonchev–Trinajstić information content (AvgIpc) is 2.26. The predicted molar refractivity (Wildman–Crippen MR) is 62.1 cm³/mol. The molecule has 0 amide bonds. The Bertz CT molecular complexity index is 424. The lowest BCUT2D eigenvalue weighted by atomic mass is 9.94. The predicted octanol–water partition coefficient (Wildman–Crippen LogP) is 3.70. The molecule has 0 spiro atoms. The van der Waals surface area contributed by atoms with Crippen LogP contribution in [0.3, 0.4) is 0 Å². The van der Waals surface area contributed by atoms with Gasteiger partial charge >= 0.3 is 6.18 Å². The summed E-state index contributed by atoms with van der Waals surface area (Å²) in [7, 11) is 0. The summed E-state index contributed by atoms with van der Waals surface area (Å²) in [5.41, 5.74) is 4.60. The van der Waals surface area contributed by atoms with Crippen molar-refractivity contribution < 1.29 is 13.2 Å². The number of hydrogen-bond acceptors (Lipinski definition) is 2. The maximum atomic E-state index is 12.6. The Kier molecular flexibility index (Phi) is 3.80. The second kappa shape index (κ2) is 4.77. The highest BCUT2D eigenvalue weighted by Gasteiger charge is 2.33. The zero-order valence-corrected chi connectivity index (χ0v) is 9.73. The van der Waals surface area contributed by atoms with Crippen LogP contribution in [0.4, 0.5) is 18.9 Å². The lowest BCUT2D eigenvalue weighted by molar-refractivity contribution is -0.136. The molecule has 3 N–H and O–H groups in total. The van der Waals surface area contributed by atoms with E-state index in [1.807, 2.05) is 13.8 Å². The van der Waals surface area contributed by atoms with E-state index in [9.17, 15) is 13.2 Å². The van der Waals surface area contributed by atoms with E-state index in [4.69, 9.17) is 11.1 Å². The topological polar surface area (TPSA) is 49.9 Å². The van der Waals surface area contributed by atoms with Gasteiger partial charge in [0.1, 0.15) is 0 Å². The molecule has 1 rings (SSSR count). The smallest absolute Gasteiger partial charge is 0.398 e. The van der Waals surface area contributed by atoms with E-state index in [-0.39, 0.29) is 22.9 Å². The summed E-state index contributed by atoms with van der Waals surface area (Å²) in [4.78, 5) is 0. The summed E-state index contributed by atoms with van der Waals surface area (Å²) in [5, 5.41) is 7.80. The van der Waals surface area contributed by atoms with Gasteiger partial charge in [-0.2, -0.15) is 13.2 Å². The number of anilines is 1. The van der Waals surface area contributed by atoms with E-state index in [0.29, 0.717) is 6.42 Å². The number of hydrogen-bond donors (Lipinski definition) is 2. The van der Waals surface area contributed by atoms with Crippen LogP contribution in [-0.4, -0.2) is 5.71 Å². The molecule has 0 aliphatic heterocycles. The van der Waals surface area contributed by atoms with Crippen molar-refractivity contribution in [2.24, 2.45) is 5.92 Å². The molecule has 1 aromatic carbocycles. The Morgan fingerprint density at radius 3 is 2.47 bits per heavy atom. The van der Waals surface area contributed by atoms with E-state index in [1.54, 1.807) is 0 Å². The maximum Gasteiger partial charge on any atom is 0.418 e. The first-order chi connectivity index (χ1) is 7.77. The van der Waals surface area contributed by atoms with Gasteiger partial charge in [0.05, 0.1) is 5.56 Å². The van der Waals surface area contributed by atoms with E-state index >= 15 is 0 Å². The van der Waals surface area contributed by atoms with Gasteiger partial charge in [-0.15, -0.1) is 0 Å². The van der Waals surface area contributed by atoms with Crippen LogP contribution in [0.15, 0.2) is 18.2 Å². The van der Waals surface area contributed by atoms with Gasteiger partial charge in [-0.3, -0.25) is 0 Å². The van der Waals surface area contributed by atoms with Crippen molar-refractivity contribution in [2.45, 2.75) is 26.4 Å². The molecule has 0 fully saturated rings. The number of nitrogens with one attached hydrogen (secondary N) is 1. The minimum Gasteiger partial charge on any atom is -0.398 e. The minimum atomic E-state index is -4.48. The van der Waals surface area contributed by atoms with Gasteiger partial charge in [0.15, 0.2) is 0 Å². The van der Waals surface area contributed by atoms with Crippen LogP contribution in [-0.2, 0) is 6.18 Å². The molecule has 2 nitrogen and oxygen atoms in total. The van der Waals surface area contributed by atoms with Crippen LogP contribution in [0.1, 0.15) is 31.4 Å². The molecule has 0 bridgehead atoms. The SMILES string of the molecule is CC[C@@H](C)C(=N)c1ccc(N)c(C(F)(F)F)c1. The maximum absolute atomic E-state index is 12.6. The van der Waals surface area contributed by atoms with Gasteiger partial charge in [0.25, 0.3) is 0 Å². The van der Waals surface area contributed by atoms with Gasteiger partial charge in [0, 0.05) is 11.4 Å². The molecule has 0 heterocycles. The van der Waals surface area contributed by atoms with Crippen molar-refractivity contribution in [3.05, 3.63) is 29.3 Å². The van der Waals surface area contributed by atoms with Crippen molar-refractivity contribution in [1.82, 2.24) is 0 Å². The van der Waals surface area contributed by atoms with Gasteiger partial charge < -0.3 is 11.1 Å². The molecule has 94 valence electrons. The monoisotopic (exact) mass is 244 g/mol. The molecule has 0 radical (unpaired) electrons. The van der Waals surface area contributed by atoms with Crippen molar-refractivity contribution in [2.75, 3.05) is 5.73 Å². The fourth-order valence-electron chi connectivity index (χ4n) is 1.46. The molecule has 17 heavy (non-hydrogen) atoms. The van der Waals surface area contributed by atoms with Gasteiger partial charge in [0.2, 0.25) is 0 Å². The fraction of sp³-hybridized carbons (Fsp3) is 0.417. The molecule has 1 atom stereocenters. The second-order valence-corrected chi connectivity index (χ2v) is 4.02. The molecule has 1 aromatic rings. The molecule has 5 heteroatoms. The van der Waals surface area contributed by atoms with Gasteiger partial charge in [-0.25, -0.2) is 0 Å². The average molecular weight is 244 g/mol. The summed E-state index contributed by atoms with van der Waals surface area (Å²) in [5.74, 6) is -0.0697. The lowest BCUT2D eigenvalue weighted by Crippen LogP contribution is -2.14. The minimum absolute atomic E-state index is 0.0697. The van der Waals surface area contributed by atoms with E-state index in [2.05, 4.69) is 0 Å². The summed E-state index contributed by atoms with van der Waals surface area (Å²) >= 11 is 0. The summed E-state index contributed by atoms with van der Waals surface area (Å²) in [6.45, 7) is 3.70. The summed E-state index contributed by atoms with van der Waals surface area (Å²) in [6.07, 6.45) is -3.76. The first-order valence-corrected chi connectivity index (χ1v) is 5.33. The first-order valence-electron chi connectivity index (χ1n) is 5.33. The van der Waals surface area contributed by atoms with Crippen LogP contribution < -0.4 is 5.73 Å². The highest BCUT2D eigenvalue weighted by Crippen LogP contribution is 2.34. The number of nitrogen functional groups attached to an aromatic ring is 1. The Hall–Kier alpha value is -1.52. The normalized spacial score (nSPS) is 13.5. The Morgan fingerprint density at radius 2 is 2.00 bits per heavy atom. The Morgan fingerprint density at radius 1 is 1.41 bits per heavy atom. The quantitative estimate of drug-likeness (QED) is 0.618. The van der Waals surface area contributed by atoms with Crippen molar-refractivity contribution >= 4 is 11.4 Å². The molecule has 0 unspecified atom stereocenters. The molecule has 0 saturated carbocycles. The second-order valence-electron chi connectivity index (χ2n) is 4.02. The number of rotatable bonds is 3. The van der Waals surface area contributed by atoms with Crippen LogP contribution in [0.2, 0.25) is 0 Å². The third-order valence-corrected chi connectivity index (χ3v) is 2.77. The van der Waals surface area contributed by atoms with E-state index in [0.717, 1.165) is 6.07 Å². The molecule has 0 aliphatic carbocycles. The molecule has 0 aromatic heterocycles. The first kappa shape index (κ1) is 13.5. The number of benzene rings is 1. The van der Waals surface area contributed by atoms with Crippen molar-refractivity contribution in [3.63, 3.8) is 0 Å². The Balaban J connectivity index is 3.18. The van der Waals surface area contributed by atoms with Crippen LogP contribution in [0.5, 0.6) is 0 Å². The number of nitrogens with two attached hydrogens (primary N) is 1. The van der Waals surface area contributed by atoms with Gasteiger partial charge in [-0.1, -0.05) is 19.9 Å². The third kappa shape index (κ3) is 2.99. The summed E-state index contributed by atoms with van der Waals surface area (Å²) < 4.78 is 37.9. The highest BCUT2D eigenvalue weighted by molar-refractivity contribution is 6.00. The summed E-state index contributed by atoms with van der Waals surface area (Å²) in [6, 6.07) is 3.61. The van der Waals surface area contributed by atoms with Gasteiger partial charge in [-0.05, 0) is 30.0 Å². The van der Waals surface area contributed by atoms with Crippen molar-refractivity contribution in [3.8, 4) is 0 Å². The zero-order chi connectivity index (χ0) is 13.2. The standard InChI is InChI=1S/C12H15F3N2/c1-3-7(2)11(17)8-4-5-10(16)9(6-8)12(13,14)15/h4-7,17H,3,16H2,1-2H3/t7-/m1/s1. The van der Waals surface area contributed by atoms with Crippen LogP contribution >= 0.6 is 0 Å². The Labute approximate surface area is 98.1 Å². The molecule has 0 saturated heterocycles. The zero-order valence-electron chi connectivity index (χ0n) is 9.73. The third-order valence-electron chi connectivity index (χ3n) is 2.77. The van der Waals surface area contributed by atoms with E-state index < -0.39 is 11.7 Å². The van der Waals surface area contributed by atoms with Crippen LogP contribution in [0.25, 0.3) is 0 Å². The lowest BCUT2D eigenvalue weighted by Gasteiger charge is -2.15. The highest BCUT2D eigenvalue weighted by atomic mass is 19.4. The largest absolute Gasteiger partial charge is 0.418 e. The number of alkyl halides is 3. The van der Waals surface area contributed by atoms with Crippen LogP contribution in [0, 0.1) is 11.3 Å². The molecular weight excluding hydrogens is 229 g/mol. The molecule has 0 aliphatic rings. The number of halogens is 3. The van der Waals surface area contributed by atoms with E-state index in [1.165, 1.54) is 12.1 Å². The fourth-order valence-corrected chi connectivity index (χ4v) is 1.46. The van der Waals surface area contributed by atoms with Crippen molar-refractivity contribution in [1.29, 1.82) is 5.41 Å². The molecular formula is C12H15F3N2.